The molecule has 0 aromatic carbocycles. The highest BCUT2D eigenvalue weighted by Crippen LogP contribution is 2.41. The van der Waals surface area contributed by atoms with Crippen molar-refractivity contribution in [3.05, 3.63) is 16.1 Å². The van der Waals surface area contributed by atoms with E-state index in [1.165, 1.54) is 12.8 Å². The van der Waals surface area contributed by atoms with E-state index < -0.39 is 0 Å². The quantitative estimate of drug-likeness (QED) is 0.900. The zero-order valence-electron chi connectivity index (χ0n) is 12.0. The maximum Gasteiger partial charge on any atom is 0.0954 e. The molecule has 2 nitrogen and oxygen atoms in total. The smallest absolute Gasteiger partial charge is 0.0954 e. The van der Waals surface area contributed by atoms with Gasteiger partial charge in [-0.25, -0.2) is 4.98 Å². The zero-order chi connectivity index (χ0) is 13.4. The minimum atomic E-state index is -0.237. The van der Waals surface area contributed by atoms with Gasteiger partial charge in [0.2, 0.25) is 0 Å². The van der Waals surface area contributed by atoms with E-state index in [-0.39, 0.29) is 16.9 Å². The van der Waals surface area contributed by atoms with Gasteiger partial charge in [0.15, 0.2) is 0 Å². The van der Waals surface area contributed by atoms with Gasteiger partial charge in [0.25, 0.3) is 0 Å². The Balaban J connectivity index is 2.03. The number of thiazole rings is 1. The number of hydrogen-bond acceptors (Lipinski definition) is 3. The fourth-order valence-electron chi connectivity index (χ4n) is 2.68. The van der Waals surface area contributed by atoms with Crippen molar-refractivity contribution in [3.63, 3.8) is 0 Å². The van der Waals surface area contributed by atoms with Crippen molar-refractivity contribution in [1.82, 2.24) is 4.98 Å². The van der Waals surface area contributed by atoms with E-state index in [0.29, 0.717) is 0 Å². The highest BCUT2D eigenvalue weighted by Gasteiger charge is 2.36. The number of aromatic nitrogens is 1. The van der Waals surface area contributed by atoms with Gasteiger partial charge in [-0.05, 0) is 18.3 Å². The highest BCUT2D eigenvalue weighted by molar-refractivity contribution is 7.09. The van der Waals surface area contributed by atoms with Gasteiger partial charge in [-0.3, -0.25) is 0 Å². The maximum absolute atomic E-state index is 10.4. The van der Waals surface area contributed by atoms with Crippen LogP contribution in [0.1, 0.15) is 64.1 Å². The molecule has 0 amide bonds. The van der Waals surface area contributed by atoms with Gasteiger partial charge in [0.05, 0.1) is 16.8 Å². The van der Waals surface area contributed by atoms with E-state index in [1.54, 1.807) is 11.3 Å². The molecule has 3 heteroatoms. The first-order valence-corrected chi connectivity index (χ1v) is 7.82. The summed E-state index contributed by atoms with van der Waals surface area (Å²) in [5.41, 5.74) is 1.37. The third-order valence-corrected chi connectivity index (χ3v) is 5.11. The maximum atomic E-state index is 10.4. The number of aliphatic hydroxyl groups excluding tert-OH is 1. The van der Waals surface area contributed by atoms with Gasteiger partial charge in [-0.1, -0.05) is 40.5 Å². The van der Waals surface area contributed by atoms with Gasteiger partial charge in [0.1, 0.15) is 0 Å². The minimum absolute atomic E-state index is 0.108. The predicted octanol–water partition coefficient (Wildman–Crippen LogP) is 3.92. The van der Waals surface area contributed by atoms with Crippen molar-refractivity contribution in [1.29, 1.82) is 0 Å². The molecule has 0 spiro atoms. The second-order valence-corrected chi connectivity index (χ2v) is 7.90. The topological polar surface area (TPSA) is 33.1 Å². The first kappa shape index (κ1) is 14.0. The molecule has 0 bridgehead atoms. The Morgan fingerprint density at radius 3 is 2.50 bits per heavy atom. The number of aliphatic hydroxyl groups is 1. The molecule has 1 aromatic rings. The van der Waals surface area contributed by atoms with Gasteiger partial charge in [-0.15, -0.1) is 11.3 Å². The van der Waals surface area contributed by atoms with Crippen LogP contribution in [-0.4, -0.2) is 16.2 Å². The predicted molar refractivity (Wildman–Crippen MR) is 77.1 cm³/mol. The van der Waals surface area contributed by atoms with E-state index in [4.69, 9.17) is 0 Å². The van der Waals surface area contributed by atoms with Crippen LogP contribution in [-0.2, 0) is 11.8 Å². The molecule has 0 aliphatic heterocycles. The molecule has 1 atom stereocenters. The summed E-state index contributed by atoms with van der Waals surface area (Å²) in [4.78, 5) is 4.68. The first-order valence-electron chi connectivity index (χ1n) is 6.94. The second-order valence-electron chi connectivity index (χ2n) is 6.96. The average Bonchev–Trinajstić information content (AvgIpc) is 2.86. The molecule has 1 N–H and O–H groups in total. The van der Waals surface area contributed by atoms with Crippen LogP contribution >= 0.6 is 11.3 Å². The molecule has 0 radical (unpaired) electrons. The lowest BCUT2D eigenvalue weighted by Gasteiger charge is -2.29. The van der Waals surface area contributed by atoms with Crippen LogP contribution in [0.25, 0.3) is 0 Å². The largest absolute Gasteiger partial charge is 0.392 e. The molecule has 102 valence electrons. The summed E-state index contributed by atoms with van der Waals surface area (Å²) in [6.07, 6.45) is 5.32. The number of hydrogen-bond donors (Lipinski definition) is 1. The molecule has 1 aromatic heterocycles. The Morgan fingerprint density at radius 1 is 1.39 bits per heavy atom. The molecule has 0 saturated heterocycles. The summed E-state index contributed by atoms with van der Waals surface area (Å²) < 4.78 is 0. The molecule has 1 heterocycles. The Bertz CT molecular complexity index is 399. The summed E-state index contributed by atoms with van der Waals surface area (Å²) in [5, 5.41) is 13.7. The molecule has 1 saturated carbocycles. The van der Waals surface area contributed by atoms with Crippen molar-refractivity contribution in [2.45, 2.75) is 71.3 Å². The molecular weight excluding hydrogens is 242 g/mol. The van der Waals surface area contributed by atoms with Gasteiger partial charge in [-0.2, -0.15) is 0 Å². The second kappa shape index (κ2) is 4.93. The van der Waals surface area contributed by atoms with Crippen molar-refractivity contribution in [2.75, 3.05) is 0 Å². The normalized spacial score (nSPS) is 21.2. The monoisotopic (exact) mass is 267 g/mol. The summed E-state index contributed by atoms with van der Waals surface area (Å²) >= 11 is 1.69. The van der Waals surface area contributed by atoms with Gasteiger partial charge < -0.3 is 5.11 Å². The molecule has 1 unspecified atom stereocenters. The fourth-order valence-corrected chi connectivity index (χ4v) is 3.74. The Morgan fingerprint density at radius 2 is 2.00 bits per heavy atom. The van der Waals surface area contributed by atoms with Crippen molar-refractivity contribution >= 4 is 11.3 Å². The zero-order valence-corrected chi connectivity index (χ0v) is 12.8. The summed E-state index contributed by atoms with van der Waals surface area (Å²) in [6.45, 7) is 8.77. The van der Waals surface area contributed by atoms with Crippen LogP contribution in [0.2, 0.25) is 0 Å². The van der Waals surface area contributed by atoms with Crippen LogP contribution in [0, 0.1) is 5.41 Å². The Labute approximate surface area is 114 Å². The average molecular weight is 267 g/mol. The van der Waals surface area contributed by atoms with Gasteiger partial charge in [0, 0.05) is 17.2 Å². The Kier molecular flexibility index (Phi) is 3.84. The SMILES string of the molecule is CC(C)(C)c1csc(CC(O)C2(C)CCCC2)n1. The lowest BCUT2D eigenvalue weighted by Crippen LogP contribution is -2.31. The van der Waals surface area contributed by atoms with E-state index in [9.17, 15) is 5.11 Å². The standard InChI is InChI=1S/C15H25NOS/c1-14(2,3)11-10-18-13(16-11)9-12(17)15(4)7-5-6-8-15/h10,12,17H,5-9H2,1-4H3. The third-order valence-electron chi connectivity index (χ3n) is 4.24. The molecular formula is C15H25NOS. The summed E-state index contributed by atoms with van der Waals surface area (Å²) in [6, 6.07) is 0. The summed E-state index contributed by atoms with van der Waals surface area (Å²) in [7, 11) is 0. The lowest BCUT2D eigenvalue weighted by atomic mass is 9.81. The molecule has 1 fully saturated rings. The fraction of sp³-hybridized carbons (Fsp3) is 0.800. The lowest BCUT2D eigenvalue weighted by molar-refractivity contribution is 0.0423. The van der Waals surface area contributed by atoms with E-state index >= 15 is 0 Å². The van der Waals surface area contributed by atoms with Crippen LogP contribution in [0.5, 0.6) is 0 Å². The molecule has 1 aliphatic carbocycles. The number of rotatable bonds is 3. The third kappa shape index (κ3) is 2.94. The molecule has 18 heavy (non-hydrogen) atoms. The van der Waals surface area contributed by atoms with Crippen molar-refractivity contribution in [2.24, 2.45) is 5.41 Å². The van der Waals surface area contributed by atoms with E-state index in [1.807, 2.05) is 0 Å². The number of nitrogens with zero attached hydrogens (tertiary/aromatic N) is 1. The van der Waals surface area contributed by atoms with Crippen LogP contribution in [0.4, 0.5) is 0 Å². The van der Waals surface area contributed by atoms with Crippen LogP contribution in [0.3, 0.4) is 0 Å². The van der Waals surface area contributed by atoms with Crippen LogP contribution in [0.15, 0.2) is 5.38 Å². The first-order chi connectivity index (χ1) is 8.31. The van der Waals surface area contributed by atoms with Gasteiger partial charge >= 0.3 is 0 Å². The summed E-state index contributed by atoms with van der Waals surface area (Å²) in [5.74, 6) is 0. The molecule has 1 aliphatic rings. The van der Waals surface area contributed by atoms with Crippen molar-refractivity contribution in [3.8, 4) is 0 Å². The highest BCUT2D eigenvalue weighted by atomic mass is 32.1. The molecule has 2 rings (SSSR count). The van der Waals surface area contributed by atoms with Crippen LogP contribution < -0.4 is 0 Å². The Hall–Kier alpha value is -0.410. The minimum Gasteiger partial charge on any atom is -0.392 e. The van der Waals surface area contributed by atoms with E-state index in [0.717, 1.165) is 30.0 Å². The van der Waals surface area contributed by atoms with Crippen molar-refractivity contribution < 1.29 is 5.11 Å². The van der Waals surface area contributed by atoms with E-state index in [2.05, 4.69) is 38.1 Å².